The third kappa shape index (κ3) is 3.95. The van der Waals surface area contributed by atoms with E-state index in [9.17, 15) is 4.79 Å². The van der Waals surface area contributed by atoms with Gasteiger partial charge in [-0.1, -0.05) is 18.2 Å². The molecule has 0 radical (unpaired) electrons. The minimum atomic E-state index is -0.454. The van der Waals surface area contributed by atoms with Crippen molar-refractivity contribution in [3.8, 4) is 0 Å². The van der Waals surface area contributed by atoms with Gasteiger partial charge >= 0.3 is 0 Å². The number of amides is 1. The third-order valence-corrected chi connectivity index (χ3v) is 3.64. The number of halogens is 1. The number of aryl methyl sites for hydroxylation is 2. The van der Waals surface area contributed by atoms with Crippen LogP contribution in [0.5, 0.6) is 0 Å². The van der Waals surface area contributed by atoms with E-state index in [2.05, 4.69) is 23.5 Å². The Morgan fingerprint density at radius 2 is 1.84 bits per heavy atom. The molecule has 0 heterocycles. The average Bonchev–Trinajstić information content (AvgIpc) is 2.37. The van der Waals surface area contributed by atoms with Gasteiger partial charge in [0.15, 0.2) is 0 Å². The molecule has 1 aliphatic carbocycles. The van der Waals surface area contributed by atoms with E-state index in [1.807, 2.05) is 6.92 Å². The molecule has 106 valence electrons. The Hall–Kier alpha value is -1.06. The second-order valence-electron chi connectivity index (χ2n) is 5.25. The number of carbonyl (C=O) groups is 1. The second-order valence-corrected chi connectivity index (χ2v) is 5.25. The summed E-state index contributed by atoms with van der Waals surface area (Å²) in [4.78, 5) is 11.6. The van der Waals surface area contributed by atoms with Gasteiger partial charge in [-0.2, -0.15) is 0 Å². The quantitative estimate of drug-likeness (QED) is 0.895. The second kappa shape index (κ2) is 6.92. The predicted octanol–water partition coefficient (Wildman–Crippen LogP) is 2.51. The number of hydrogen-bond donors (Lipinski definition) is 2. The highest BCUT2D eigenvalue weighted by molar-refractivity contribution is 5.85. The van der Waals surface area contributed by atoms with Gasteiger partial charge in [0.25, 0.3) is 0 Å². The molecule has 1 aliphatic rings. The summed E-state index contributed by atoms with van der Waals surface area (Å²) in [6.45, 7) is 3.71. The number of rotatable bonds is 3. The number of fused-ring (bicyclic) bond motifs is 1. The number of carbonyl (C=O) groups excluding carboxylic acids is 1. The van der Waals surface area contributed by atoms with E-state index in [0.717, 1.165) is 6.42 Å². The third-order valence-electron chi connectivity index (χ3n) is 3.64. The standard InChI is InChI=1S/C15H22N2O.ClH/c1-10(16)15(18)17-11(2)13-8-7-12-5-3-4-6-14(12)9-13;/h7-11H,3-6,16H2,1-2H3,(H,17,18);1H. The predicted molar refractivity (Wildman–Crippen MR) is 80.5 cm³/mol. The minimum Gasteiger partial charge on any atom is -0.348 e. The van der Waals surface area contributed by atoms with Gasteiger partial charge in [-0.3, -0.25) is 4.79 Å². The summed E-state index contributed by atoms with van der Waals surface area (Å²) in [5, 5.41) is 2.94. The van der Waals surface area contributed by atoms with Crippen molar-refractivity contribution in [3.05, 3.63) is 34.9 Å². The van der Waals surface area contributed by atoms with E-state index >= 15 is 0 Å². The molecule has 0 bridgehead atoms. The van der Waals surface area contributed by atoms with E-state index in [-0.39, 0.29) is 24.4 Å². The van der Waals surface area contributed by atoms with E-state index < -0.39 is 6.04 Å². The molecule has 19 heavy (non-hydrogen) atoms. The van der Waals surface area contributed by atoms with Crippen LogP contribution in [0.4, 0.5) is 0 Å². The summed E-state index contributed by atoms with van der Waals surface area (Å²) in [6, 6.07) is 6.13. The lowest BCUT2D eigenvalue weighted by molar-refractivity contribution is -0.122. The van der Waals surface area contributed by atoms with Crippen LogP contribution >= 0.6 is 12.4 Å². The van der Waals surface area contributed by atoms with E-state index in [4.69, 9.17) is 5.73 Å². The van der Waals surface area contributed by atoms with E-state index in [1.165, 1.54) is 36.0 Å². The number of nitrogens with one attached hydrogen (secondary N) is 1. The monoisotopic (exact) mass is 282 g/mol. The molecule has 2 atom stereocenters. The Balaban J connectivity index is 0.00000180. The average molecular weight is 283 g/mol. The van der Waals surface area contributed by atoms with Crippen molar-refractivity contribution >= 4 is 18.3 Å². The van der Waals surface area contributed by atoms with Crippen LogP contribution in [0.25, 0.3) is 0 Å². The molecule has 0 fully saturated rings. The van der Waals surface area contributed by atoms with Crippen molar-refractivity contribution < 1.29 is 4.79 Å². The molecule has 0 aromatic heterocycles. The van der Waals surface area contributed by atoms with Gasteiger partial charge in [0.1, 0.15) is 0 Å². The summed E-state index contributed by atoms with van der Waals surface area (Å²) < 4.78 is 0. The molecule has 0 spiro atoms. The molecule has 2 rings (SSSR count). The van der Waals surface area contributed by atoms with Crippen LogP contribution in [-0.2, 0) is 17.6 Å². The maximum atomic E-state index is 11.6. The molecular weight excluding hydrogens is 260 g/mol. The van der Waals surface area contributed by atoms with E-state index in [0.29, 0.717) is 0 Å². The van der Waals surface area contributed by atoms with Gasteiger partial charge in [0, 0.05) is 0 Å². The molecular formula is C15H23ClN2O. The van der Waals surface area contributed by atoms with Gasteiger partial charge in [-0.25, -0.2) is 0 Å². The van der Waals surface area contributed by atoms with Crippen molar-refractivity contribution in [1.82, 2.24) is 5.32 Å². The van der Waals surface area contributed by atoms with Crippen LogP contribution in [0.1, 0.15) is 49.4 Å². The van der Waals surface area contributed by atoms with Crippen molar-refractivity contribution in [1.29, 1.82) is 0 Å². The van der Waals surface area contributed by atoms with Crippen LogP contribution < -0.4 is 11.1 Å². The molecule has 1 aromatic rings. The first-order valence-electron chi connectivity index (χ1n) is 6.75. The fraction of sp³-hybridized carbons (Fsp3) is 0.533. The fourth-order valence-electron chi connectivity index (χ4n) is 2.45. The maximum Gasteiger partial charge on any atom is 0.237 e. The molecule has 0 aliphatic heterocycles. The van der Waals surface area contributed by atoms with E-state index in [1.54, 1.807) is 6.92 Å². The highest BCUT2D eigenvalue weighted by Gasteiger charge is 2.15. The summed E-state index contributed by atoms with van der Waals surface area (Å²) in [5.41, 5.74) is 9.65. The zero-order valence-electron chi connectivity index (χ0n) is 11.6. The SMILES string of the molecule is CC(N)C(=O)NC(C)c1ccc2c(c1)CCCC2.Cl. The van der Waals surface area contributed by atoms with Crippen LogP contribution in [0, 0.1) is 0 Å². The zero-order chi connectivity index (χ0) is 13.1. The van der Waals surface area contributed by atoms with Gasteiger partial charge < -0.3 is 11.1 Å². The van der Waals surface area contributed by atoms with Crippen molar-refractivity contribution in [3.63, 3.8) is 0 Å². The molecule has 0 saturated carbocycles. The Morgan fingerprint density at radius 3 is 2.47 bits per heavy atom. The molecule has 4 heteroatoms. The van der Waals surface area contributed by atoms with Gasteiger partial charge in [0.2, 0.25) is 5.91 Å². The highest BCUT2D eigenvalue weighted by atomic mass is 35.5. The summed E-state index contributed by atoms with van der Waals surface area (Å²) in [5.74, 6) is -0.0970. The van der Waals surface area contributed by atoms with Crippen LogP contribution in [-0.4, -0.2) is 11.9 Å². The molecule has 3 N–H and O–H groups in total. The number of nitrogens with two attached hydrogens (primary N) is 1. The highest BCUT2D eigenvalue weighted by Crippen LogP contribution is 2.24. The smallest absolute Gasteiger partial charge is 0.237 e. The van der Waals surface area contributed by atoms with Crippen molar-refractivity contribution in [2.45, 2.75) is 51.6 Å². The zero-order valence-corrected chi connectivity index (χ0v) is 12.4. The normalized spacial score (nSPS) is 16.8. The summed E-state index contributed by atoms with van der Waals surface area (Å²) in [6.07, 6.45) is 4.92. The maximum absolute atomic E-state index is 11.6. The summed E-state index contributed by atoms with van der Waals surface area (Å²) >= 11 is 0. The molecule has 1 amide bonds. The van der Waals surface area contributed by atoms with Gasteiger partial charge in [-0.05, 0) is 56.2 Å². The lowest BCUT2D eigenvalue weighted by Crippen LogP contribution is -2.39. The first-order chi connectivity index (χ1) is 8.58. The molecule has 1 aromatic carbocycles. The largest absolute Gasteiger partial charge is 0.348 e. The van der Waals surface area contributed by atoms with Crippen molar-refractivity contribution in [2.75, 3.05) is 0 Å². The Kier molecular flexibility index (Phi) is 5.83. The fourth-order valence-corrected chi connectivity index (χ4v) is 2.45. The molecule has 3 nitrogen and oxygen atoms in total. The number of hydrogen-bond acceptors (Lipinski definition) is 2. The van der Waals surface area contributed by atoms with Crippen molar-refractivity contribution in [2.24, 2.45) is 5.73 Å². The summed E-state index contributed by atoms with van der Waals surface area (Å²) in [7, 11) is 0. The Morgan fingerprint density at radius 1 is 1.21 bits per heavy atom. The topological polar surface area (TPSA) is 55.1 Å². The molecule has 2 unspecified atom stereocenters. The lowest BCUT2D eigenvalue weighted by Gasteiger charge is -2.20. The minimum absolute atomic E-state index is 0. The lowest BCUT2D eigenvalue weighted by atomic mass is 9.89. The first-order valence-corrected chi connectivity index (χ1v) is 6.75. The first kappa shape index (κ1) is 16.0. The Bertz CT molecular complexity index is 446. The van der Waals surface area contributed by atoms with Crippen LogP contribution in [0.15, 0.2) is 18.2 Å². The van der Waals surface area contributed by atoms with Crippen LogP contribution in [0.2, 0.25) is 0 Å². The van der Waals surface area contributed by atoms with Gasteiger partial charge in [-0.15, -0.1) is 12.4 Å². The number of benzene rings is 1. The Labute approximate surface area is 121 Å². The van der Waals surface area contributed by atoms with Gasteiger partial charge in [0.05, 0.1) is 12.1 Å². The molecule has 0 saturated heterocycles. The van der Waals surface area contributed by atoms with Crippen LogP contribution in [0.3, 0.4) is 0 Å².